The molecule has 0 saturated carbocycles. The van der Waals surface area contributed by atoms with Crippen molar-refractivity contribution >= 4 is 0 Å². The minimum atomic E-state index is -0.978. The predicted molar refractivity (Wildman–Crippen MR) is 39.4 cm³/mol. The number of aliphatic hydroxyl groups is 4. The second kappa shape index (κ2) is 2.65. The molecule has 6 atom stereocenters. The average molecular weight is 175 g/mol. The molecule has 2 fully saturated rings. The second-order valence-electron chi connectivity index (χ2n) is 3.57. The molecule has 2 bridgehead atoms. The summed E-state index contributed by atoms with van der Waals surface area (Å²) in [5.41, 5.74) is 0. The zero-order valence-electron chi connectivity index (χ0n) is 6.46. The van der Waals surface area contributed by atoms with Crippen molar-refractivity contribution in [2.24, 2.45) is 0 Å². The molecule has 2 saturated heterocycles. The third kappa shape index (κ3) is 0.982. The van der Waals surface area contributed by atoms with Crippen LogP contribution in [0.3, 0.4) is 0 Å². The lowest BCUT2D eigenvalue weighted by Crippen LogP contribution is -2.54. The third-order valence-electron chi connectivity index (χ3n) is 2.79. The average Bonchev–Trinajstić information content (AvgIpc) is 2.28. The van der Waals surface area contributed by atoms with Crippen molar-refractivity contribution in [3.8, 4) is 0 Å². The zero-order chi connectivity index (χ0) is 8.88. The molecule has 0 spiro atoms. The molecule has 2 rings (SSSR count). The lowest BCUT2D eigenvalue weighted by atomic mass is 9.99. The van der Waals surface area contributed by atoms with Crippen LogP contribution in [0.5, 0.6) is 0 Å². The van der Waals surface area contributed by atoms with Gasteiger partial charge in [-0.25, -0.2) is 0 Å². The summed E-state index contributed by atoms with van der Waals surface area (Å²) in [5.74, 6) is 0. The summed E-state index contributed by atoms with van der Waals surface area (Å²) < 4.78 is 0. The second-order valence-corrected chi connectivity index (χ2v) is 3.57. The van der Waals surface area contributed by atoms with Crippen LogP contribution in [0.4, 0.5) is 0 Å². The van der Waals surface area contributed by atoms with Crippen molar-refractivity contribution < 1.29 is 20.4 Å². The third-order valence-corrected chi connectivity index (χ3v) is 2.79. The quantitative estimate of drug-likeness (QED) is 0.274. The number of rotatable bonds is 0. The number of hydrogen-bond acceptors (Lipinski definition) is 5. The molecule has 2 aliphatic heterocycles. The first kappa shape index (κ1) is 8.40. The number of fused-ring (bicyclic) bond motifs is 2. The first-order valence-corrected chi connectivity index (χ1v) is 4.09. The van der Waals surface area contributed by atoms with Gasteiger partial charge >= 0.3 is 0 Å². The van der Waals surface area contributed by atoms with Gasteiger partial charge in [0.25, 0.3) is 0 Å². The lowest BCUT2D eigenvalue weighted by Gasteiger charge is -2.30. The Balaban J connectivity index is 2.19. The summed E-state index contributed by atoms with van der Waals surface area (Å²) in [5, 5.41) is 40.3. The van der Waals surface area contributed by atoms with Crippen molar-refractivity contribution in [2.75, 3.05) is 0 Å². The largest absolute Gasteiger partial charge is 0.390 e. The SMILES string of the molecule is O[C@@H]1[C@H](O)[C@H]2C[C@H](O)[C@H](O)[C@@H]1N2. The molecule has 0 aromatic heterocycles. The van der Waals surface area contributed by atoms with Gasteiger partial charge in [-0.15, -0.1) is 0 Å². The number of aliphatic hydroxyl groups excluding tert-OH is 4. The lowest BCUT2D eigenvalue weighted by molar-refractivity contribution is -0.0417. The van der Waals surface area contributed by atoms with Crippen LogP contribution in [-0.4, -0.2) is 56.9 Å². The molecule has 2 heterocycles. The smallest absolute Gasteiger partial charge is 0.0993 e. The van der Waals surface area contributed by atoms with E-state index in [1.165, 1.54) is 0 Å². The van der Waals surface area contributed by atoms with E-state index in [1.807, 2.05) is 0 Å². The van der Waals surface area contributed by atoms with E-state index >= 15 is 0 Å². The fourth-order valence-electron chi connectivity index (χ4n) is 2.04. The van der Waals surface area contributed by atoms with Gasteiger partial charge in [0.15, 0.2) is 0 Å². The molecule has 5 heteroatoms. The summed E-state index contributed by atoms with van der Waals surface area (Å²) >= 11 is 0. The Morgan fingerprint density at radius 2 is 1.58 bits per heavy atom. The van der Waals surface area contributed by atoms with Crippen LogP contribution in [-0.2, 0) is 0 Å². The van der Waals surface area contributed by atoms with Crippen molar-refractivity contribution in [3.05, 3.63) is 0 Å². The topological polar surface area (TPSA) is 93.0 Å². The molecular weight excluding hydrogens is 162 g/mol. The summed E-state index contributed by atoms with van der Waals surface area (Å²) in [7, 11) is 0. The summed E-state index contributed by atoms with van der Waals surface area (Å²) in [6.07, 6.45) is -3.37. The molecule has 70 valence electrons. The van der Waals surface area contributed by atoms with Gasteiger partial charge in [0.2, 0.25) is 0 Å². The maximum absolute atomic E-state index is 9.37. The maximum Gasteiger partial charge on any atom is 0.0993 e. The van der Waals surface area contributed by atoms with E-state index < -0.39 is 30.5 Å². The highest BCUT2D eigenvalue weighted by atomic mass is 16.4. The Morgan fingerprint density at radius 1 is 0.917 bits per heavy atom. The highest BCUT2D eigenvalue weighted by molar-refractivity contribution is 5.07. The number of piperidine rings is 1. The first-order chi connectivity index (χ1) is 5.61. The van der Waals surface area contributed by atoms with Crippen LogP contribution in [0.2, 0.25) is 0 Å². The van der Waals surface area contributed by atoms with Gasteiger partial charge in [0.1, 0.15) is 0 Å². The summed E-state index contributed by atoms with van der Waals surface area (Å²) in [6, 6.07) is -0.878. The number of nitrogens with one attached hydrogen (secondary N) is 1. The van der Waals surface area contributed by atoms with E-state index in [0.717, 1.165) is 0 Å². The van der Waals surface area contributed by atoms with Crippen LogP contribution >= 0.6 is 0 Å². The molecule has 0 radical (unpaired) electrons. The predicted octanol–water partition coefficient (Wildman–Crippen LogP) is -2.83. The summed E-state index contributed by atoms with van der Waals surface area (Å²) in [6.45, 7) is 0. The zero-order valence-corrected chi connectivity index (χ0v) is 6.46. The standard InChI is InChI=1S/C7H13NO4/c9-3-1-2-5(10)7(12)4(8-2)6(3)11/h2-12H,1H2/t2-,3+,4+,5-,6+,7+/m1/s1. The summed E-state index contributed by atoms with van der Waals surface area (Å²) in [4.78, 5) is 0. The van der Waals surface area contributed by atoms with E-state index in [2.05, 4.69) is 5.32 Å². The van der Waals surface area contributed by atoms with E-state index in [0.29, 0.717) is 0 Å². The molecule has 2 aliphatic rings. The fourth-order valence-corrected chi connectivity index (χ4v) is 2.04. The highest BCUT2D eigenvalue weighted by Gasteiger charge is 2.50. The molecule has 0 aliphatic carbocycles. The molecule has 0 aromatic rings. The van der Waals surface area contributed by atoms with Crippen LogP contribution in [0.1, 0.15) is 6.42 Å². The highest BCUT2D eigenvalue weighted by Crippen LogP contribution is 2.27. The monoisotopic (exact) mass is 175 g/mol. The van der Waals surface area contributed by atoms with Crippen molar-refractivity contribution in [2.45, 2.75) is 42.9 Å². The molecule has 5 nitrogen and oxygen atoms in total. The van der Waals surface area contributed by atoms with Gasteiger partial charge in [-0.05, 0) is 6.42 Å². The molecular formula is C7H13NO4. The Bertz CT molecular complexity index is 180. The van der Waals surface area contributed by atoms with Crippen molar-refractivity contribution in [1.82, 2.24) is 5.32 Å². The maximum atomic E-state index is 9.37. The molecule has 0 amide bonds. The first-order valence-electron chi connectivity index (χ1n) is 4.09. The Hall–Kier alpha value is -0.200. The van der Waals surface area contributed by atoms with E-state index in [4.69, 9.17) is 0 Å². The molecule has 0 aromatic carbocycles. The van der Waals surface area contributed by atoms with Crippen molar-refractivity contribution in [3.63, 3.8) is 0 Å². The van der Waals surface area contributed by atoms with Gasteiger partial charge in [-0.2, -0.15) is 0 Å². The minimum Gasteiger partial charge on any atom is -0.390 e. The Morgan fingerprint density at radius 3 is 2.25 bits per heavy atom. The van der Waals surface area contributed by atoms with Crippen LogP contribution < -0.4 is 5.32 Å². The molecule has 5 N–H and O–H groups in total. The van der Waals surface area contributed by atoms with Crippen LogP contribution in [0.25, 0.3) is 0 Å². The van der Waals surface area contributed by atoms with Gasteiger partial charge in [0, 0.05) is 6.04 Å². The number of hydrogen-bond donors (Lipinski definition) is 5. The Kier molecular flexibility index (Phi) is 1.85. The minimum absolute atomic E-state index is 0.288. The van der Waals surface area contributed by atoms with Gasteiger partial charge in [-0.1, -0.05) is 0 Å². The normalized spacial score (nSPS) is 59.0. The van der Waals surface area contributed by atoms with E-state index in [-0.39, 0.29) is 12.5 Å². The Labute approximate surface area is 69.6 Å². The molecule has 12 heavy (non-hydrogen) atoms. The van der Waals surface area contributed by atoms with E-state index in [1.54, 1.807) is 0 Å². The van der Waals surface area contributed by atoms with Gasteiger partial charge in [0.05, 0.1) is 30.5 Å². The fraction of sp³-hybridized carbons (Fsp3) is 1.00. The van der Waals surface area contributed by atoms with Gasteiger partial charge < -0.3 is 25.7 Å². The van der Waals surface area contributed by atoms with Gasteiger partial charge in [-0.3, -0.25) is 0 Å². The van der Waals surface area contributed by atoms with Crippen LogP contribution in [0, 0.1) is 0 Å². The van der Waals surface area contributed by atoms with Crippen molar-refractivity contribution in [1.29, 1.82) is 0 Å². The molecule has 0 unspecified atom stereocenters. The van der Waals surface area contributed by atoms with E-state index in [9.17, 15) is 20.4 Å². The van der Waals surface area contributed by atoms with Crippen LogP contribution in [0.15, 0.2) is 0 Å².